The van der Waals surface area contributed by atoms with E-state index >= 15 is 0 Å². The molecule has 0 fully saturated rings. The summed E-state index contributed by atoms with van der Waals surface area (Å²) >= 11 is 1.56. The van der Waals surface area contributed by atoms with Gasteiger partial charge in [0.15, 0.2) is 5.96 Å². The Morgan fingerprint density at radius 1 is 1.22 bits per heavy atom. The van der Waals surface area contributed by atoms with E-state index in [2.05, 4.69) is 20.9 Å². The lowest BCUT2D eigenvalue weighted by Crippen LogP contribution is -2.39. The van der Waals surface area contributed by atoms with Crippen molar-refractivity contribution < 1.29 is 9.90 Å². The molecule has 7 heteroatoms. The van der Waals surface area contributed by atoms with Crippen LogP contribution in [0.3, 0.4) is 0 Å². The van der Waals surface area contributed by atoms with Gasteiger partial charge in [-0.15, -0.1) is 0 Å². The smallest absolute Gasteiger partial charge is 0.221 e. The third-order valence-electron chi connectivity index (χ3n) is 4.01. The molecule has 0 aliphatic heterocycles. The first-order valence-corrected chi connectivity index (χ1v) is 9.99. The molecule has 0 saturated carbocycles. The van der Waals surface area contributed by atoms with Gasteiger partial charge in [-0.25, -0.2) is 4.99 Å². The van der Waals surface area contributed by atoms with Crippen molar-refractivity contribution in [2.75, 3.05) is 25.0 Å². The molecule has 6 nitrogen and oxygen atoms in total. The van der Waals surface area contributed by atoms with Crippen LogP contribution in [0.25, 0.3) is 0 Å². The van der Waals surface area contributed by atoms with E-state index in [4.69, 9.17) is 0 Å². The number of hydrogen-bond acceptors (Lipinski definition) is 4. The van der Waals surface area contributed by atoms with Crippen molar-refractivity contribution in [3.63, 3.8) is 0 Å². The molecule has 0 radical (unpaired) electrons. The number of anilines is 1. The second-order valence-electron chi connectivity index (χ2n) is 6.54. The quantitative estimate of drug-likeness (QED) is 0.414. The Morgan fingerprint density at radius 2 is 1.96 bits per heavy atom. The molecule has 0 spiro atoms. The summed E-state index contributed by atoms with van der Waals surface area (Å²) in [6.07, 6.45) is 0.825. The first-order valence-electron chi connectivity index (χ1n) is 9.04. The van der Waals surface area contributed by atoms with Crippen LogP contribution in [-0.4, -0.2) is 36.6 Å². The minimum atomic E-state index is -0.984. The highest BCUT2D eigenvalue weighted by Gasteiger charge is 2.23. The van der Waals surface area contributed by atoms with Gasteiger partial charge in [-0.2, -0.15) is 11.3 Å². The first-order chi connectivity index (χ1) is 12.9. The number of guanidine groups is 1. The number of nitrogens with one attached hydrogen (secondary N) is 3. The van der Waals surface area contributed by atoms with Crippen molar-refractivity contribution in [3.05, 3.63) is 52.2 Å². The molecule has 2 aromatic rings. The summed E-state index contributed by atoms with van der Waals surface area (Å²) in [5.41, 5.74) is 1.86. The SMILES string of the molecule is CCNC(=NCC(C)(O)c1ccsc1)NCCc1ccc(NC(C)=O)cc1. The van der Waals surface area contributed by atoms with Crippen LogP contribution >= 0.6 is 11.3 Å². The molecular weight excluding hydrogens is 360 g/mol. The number of aliphatic hydroxyl groups is 1. The second-order valence-corrected chi connectivity index (χ2v) is 7.32. The summed E-state index contributed by atoms with van der Waals surface area (Å²) in [7, 11) is 0. The van der Waals surface area contributed by atoms with E-state index < -0.39 is 5.60 Å². The summed E-state index contributed by atoms with van der Waals surface area (Å²) in [6, 6.07) is 9.71. The fourth-order valence-electron chi connectivity index (χ4n) is 2.52. The van der Waals surface area contributed by atoms with Crippen LogP contribution in [0.15, 0.2) is 46.1 Å². The highest BCUT2D eigenvalue weighted by Crippen LogP contribution is 2.23. The topological polar surface area (TPSA) is 85.8 Å². The van der Waals surface area contributed by atoms with E-state index in [0.29, 0.717) is 12.5 Å². The zero-order valence-electron chi connectivity index (χ0n) is 16.1. The van der Waals surface area contributed by atoms with Crippen molar-refractivity contribution in [1.82, 2.24) is 10.6 Å². The molecular formula is C20H28N4O2S. The summed E-state index contributed by atoms with van der Waals surface area (Å²) < 4.78 is 0. The van der Waals surface area contributed by atoms with Gasteiger partial charge in [0, 0.05) is 25.7 Å². The molecule has 1 unspecified atom stereocenters. The number of nitrogens with zero attached hydrogens (tertiary/aromatic N) is 1. The molecule has 0 aliphatic carbocycles. The number of carbonyl (C=O) groups is 1. The van der Waals surface area contributed by atoms with Crippen LogP contribution in [0.1, 0.15) is 31.9 Å². The van der Waals surface area contributed by atoms with Crippen molar-refractivity contribution in [2.24, 2.45) is 4.99 Å². The third-order valence-corrected chi connectivity index (χ3v) is 4.70. The summed E-state index contributed by atoms with van der Waals surface area (Å²) in [6.45, 7) is 7.02. The molecule has 0 bridgehead atoms. The Balaban J connectivity index is 1.87. The van der Waals surface area contributed by atoms with Gasteiger partial charge in [-0.05, 0) is 60.4 Å². The molecule has 1 atom stereocenters. The molecule has 1 aromatic heterocycles. The Labute approximate surface area is 164 Å². The molecule has 1 aromatic carbocycles. The molecule has 1 heterocycles. The zero-order chi connectivity index (χ0) is 19.7. The van der Waals surface area contributed by atoms with Gasteiger partial charge in [-0.3, -0.25) is 4.79 Å². The van der Waals surface area contributed by atoms with Crippen LogP contribution in [0.2, 0.25) is 0 Å². The number of benzene rings is 1. The zero-order valence-corrected chi connectivity index (χ0v) is 16.9. The molecule has 146 valence electrons. The van der Waals surface area contributed by atoms with Gasteiger partial charge >= 0.3 is 0 Å². The van der Waals surface area contributed by atoms with Gasteiger partial charge in [0.1, 0.15) is 5.60 Å². The van der Waals surface area contributed by atoms with Crippen LogP contribution < -0.4 is 16.0 Å². The van der Waals surface area contributed by atoms with Crippen molar-refractivity contribution in [1.29, 1.82) is 0 Å². The predicted molar refractivity (Wildman–Crippen MR) is 112 cm³/mol. The van der Waals surface area contributed by atoms with Gasteiger partial charge in [0.05, 0.1) is 6.54 Å². The first kappa shape index (κ1) is 20.9. The van der Waals surface area contributed by atoms with Gasteiger partial charge in [0.25, 0.3) is 0 Å². The van der Waals surface area contributed by atoms with Gasteiger partial charge < -0.3 is 21.1 Å². The number of carbonyl (C=O) groups excluding carboxylic acids is 1. The number of rotatable bonds is 8. The summed E-state index contributed by atoms with van der Waals surface area (Å²) in [5.74, 6) is 0.608. The van der Waals surface area contributed by atoms with Crippen LogP contribution in [0.5, 0.6) is 0 Å². The van der Waals surface area contributed by atoms with E-state index in [1.165, 1.54) is 6.92 Å². The minimum Gasteiger partial charge on any atom is -0.383 e. The Hall–Kier alpha value is -2.38. The maximum absolute atomic E-state index is 11.1. The Bertz CT molecular complexity index is 740. The largest absolute Gasteiger partial charge is 0.383 e. The fourth-order valence-corrected chi connectivity index (χ4v) is 3.30. The maximum atomic E-state index is 11.1. The van der Waals surface area contributed by atoms with Crippen molar-refractivity contribution in [2.45, 2.75) is 32.8 Å². The van der Waals surface area contributed by atoms with Crippen molar-refractivity contribution in [3.8, 4) is 0 Å². The fraction of sp³-hybridized carbons (Fsp3) is 0.400. The van der Waals surface area contributed by atoms with Crippen molar-refractivity contribution >= 4 is 28.9 Å². The van der Waals surface area contributed by atoms with Gasteiger partial charge in [0.2, 0.25) is 5.91 Å². The predicted octanol–water partition coefficient (Wildman–Crippen LogP) is 2.71. The van der Waals surface area contributed by atoms with Crippen LogP contribution in [0, 0.1) is 0 Å². The molecule has 27 heavy (non-hydrogen) atoms. The molecule has 1 amide bonds. The average Bonchev–Trinajstić information content (AvgIpc) is 3.16. The standard InChI is InChI=1S/C20H28N4O2S/c1-4-21-19(23-14-20(3,26)17-10-12-27-13-17)22-11-9-16-5-7-18(8-6-16)24-15(2)25/h5-8,10,12-13,26H,4,9,11,14H2,1-3H3,(H,24,25)(H2,21,22,23). The average molecular weight is 389 g/mol. The lowest BCUT2D eigenvalue weighted by molar-refractivity contribution is -0.114. The van der Waals surface area contributed by atoms with Crippen LogP contribution in [-0.2, 0) is 16.8 Å². The highest BCUT2D eigenvalue weighted by molar-refractivity contribution is 7.08. The minimum absolute atomic E-state index is 0.0748. The number of thiophene rings is 1. The molecule has 0 aliphatic rings. The van der Waals surface area contributed by atoms with E-state index in [0.717, 1.165) is 29.8 Å². The van der Waals surface area contributed by atoms with Gasteiger partial charge in [-0.1, -0.05) is 12.1 Å². The lowest BCUT2D eigenvalue weighted by atomic mass is 10.00. The number of amides is 1. The third kappa shape index (κ3) is 7.03. The number of aliphatic imine (C=N–C) groups is 1. The van der Waals surface area contributed by atoms with E-state index in [1.807, 2.05) is 48.0 Å². The van der Waals surface area contributed by atoms with E-state index in [-0.39, 0.29) is 12.5 Å². The summed E-state index contributed by atoms with van der Waals surface area (Å²) in [5, 5.41) is 23.7. The number of hydrogen-bond donors (Lipinski definition) is 4. The summed E-state index contributed by atoms with van der Waals surface area (Å²) in [4.78, 5) is 15.6. The molecule has 2 rings (SSSR count). The Kier molecular flexibility index (Phi) is 7.82. The Morgan fingerprint density at radius 3 is 2.56 bits per heavy atom. The monoisotopic (exact) mass is 388 g/mol. The molecule has 4 N–H and O–H groups in total. The van der Waals surface area contributed by atoms with Crippen LogP contribution in [0.4, 0.5) is 5.69 Å². The van der Waals surface area contributed by atoms with E-state index in [1.54, 1.807) is 18.3 Å². The normalized spacial score (nSPS) is 13.7. The highest BCUT2D eigenvalue weighted by atomic mass is 32.1. The van der Waals surface area contributed by atoms with E-state index in [9.17, 15) is 9.90 Å². The lowest BCUT2D eigenvalue weighted by Gasteiger charge is -2.21. The second kappa shape index (κ2) is 10.1. The maximum Gasteiger partial charge on any atom is 0.221 e. The molecule has 0 saturated heterocycles.